The fraction of sp³-hybridized carbons (Fsp3) is 0.176. The average Bonchev–Trinajstić information content (AvgIpc) is 2.96. The summed E-state index contributed by atoms with van der Waals surface area (Å²) < 4.78 is 0.698. The maximum absolute atomic E-state index is 12.4. The first-order chi connectivity index (χ1) is 11.1. The number of amides is 2. The summed E-state index contributed by atoms with van der Waals surface area (Å²) in [5, 5.41) is 12.6. The molecular weight excluding hydrogens is 360 g/mol. The highest BCUT2D eigenvalue weighted by Crippen LogP contribution is 2.30. The van der Waals surface area contributed by atoms with E-state index in [1.54, 1.807) is 35.2 Å². The summed E-state index contributed by atoms with van der Waals surface area (Å²) in [4.78, 5) is 26.1. The molecule has 0 bridgehead atoms. The van der Waals surface area contributed by atoms with Crippen molar-refractivity contribution in [3.8, 4) is 5.75 Å². The summed E-state index contributed by atoms with van der Waals surface area (Å²) in [7, 11) is 0. The molecule has 2 aromatic rings. The molecule has 0 spiro atoms. The molecule has 1 saturated heterocycles. The molecule has 6 heteroatoms. The van der Waals surface area contributed by atoms with Gasteiger partial charge in [-0.3, -0.25) is 9.59 Å². The molecule has 118 valence electrons. The summed E-state index contributed by atoms with van der Waals surface area (Å²) in [5.41, 5.74) is 1.40. The third kappa shape index (κ3) is 3.22. The molecule has 1 aliphatic rings. The third-order valence-corrected chi connectivity index (χ3v) is 4.21. The Morgan fingerprint density at radius 3 is 2.74 bits per heavy atom. The minimum atomic E-state index is -0.428. The van der Waals surface area contributed by atoms with Gasteiger partial charge in [0.05, 0.1) is 16.9 Å². The van der Waals surface area contributed by atoms with Crippen LogP contribution in [0.3, 0.4) is 0 Å². The van der Waals surface area contributed by atoms with Gasteiger partial charge in [-0.1, -0.05) is 28.1 Å². The van der Waals surface area contributed by atoms with E-state index in [4.69, 9.17) is 0 Å². The molecule has 0 aromatic heterocycles. The van der Waals surface area contributed by atoms with Crippen molar-refractivity contribution in [3.63, 3.8) is 0 Å². The standard InChI is InChI=1S/C17H15BrN2O3/c18-11-7-8-15(21)12(10-11)17(23)19-13-4-1-2-5-14(13)20-9-3-6-16(20)22/h1-2,4-5,7-8,10,21H,3,6,9H2,(H,19,23). The Morgan fingerprint density at radius 2 is 2.00 bits per heavy atom. The number of phenols is 1. The van der Waals surface area contributed by atoms with E-state index in [0.717, 1.165) is 6.42 Å². The number of carbonyl (C=O) groups excluding carboxylic acids is 2. The normalized spacial score (nSPS) is 14.1. The maximum atomic E-state index is 12.4. The second kappa shape index (κ2) is 6.42. The van der Waals surface area contributed by atoms with E-state index in [1.807, 2.05) is 6.07 Å². The predicted octanol–water partition coefficient (Wildman–Crippen LogP) is 3.53. The molecule has 1 aliphatic heterocycles. The van der Waals surface area contributed by atoms with E-state index in [-0.39, 0.29) is 17.2 Å². The highest BCUT2D eigenvalue weighted by Gasteiger charge is 2.24. The number of nitrogens with one attached hydrogen (secondary N) is 1. The zero-order valence-electron chi connectivity index (χ0n) is 12.3. The predicted molar refractivity (Wildman–Crippen MR) is 91.8 cm³/mol. The molecule has 0 saturated carbocycles. The summed E-state index contributed by atoms with van der Waals surface area (Å²) in [6.07, 6.45) is 1.34. The molecule has 3 rings (SSSR count). The first-order valence-electron chi connectivity index (χ1n) is 7.25. The number of anilines is 2. The third-order valence-electron chi connectivity index (χ3n) is 3.72. The summed E-state index contributed by atoms with van der Waals surface area (Å²) >= 11 is 3.28. The van der Waals surface area contributed by atoms with Gasteiger partial charge in [0, 0.05) is 17.4 Å². The molecule has 23 heavy (non-hydrogen) atoms. The number of benzene rings is 2. The first kappa shape index (κ1) is 15.6. The zero-order chi connectivity index (χ0) is 16.4. The van der Waals surface area contributed by atoms with Crippen molar-refractivity contribution in [2.75, 3.05) is 16.8 Å². The minimum Gasteiger partial charge on any atom is -0.507 e. The van der Waals surface area contributed by atoms with Crippen molar-refractivity contribution < 1.29 is 14.7 Å². The van der Waals surface area contributed by atoms with Gasteiger partial charge in [0.1, 0.15) is 5.75 Å². The van der Waals surface area contributed by atoms with Crippen LogP contribution in [0.1, 0.15) is 23.2 Å². The Labute approximate surface area is 142 Å². The van der Waals surface area contributed by atoms with Crippen LogP contribution in [0.15, 0.2) is 46.9 Å². The van der Waals surface area contributed by atoms with Crippen molar-refractivity contribution in [2.24, 2.45) is 0 Å². The molecule has 0 radical (unpaired) electrons. The lowest BCUT2D eigenvalue weighted by Gasteiger charge is -2.20. The minimum absolute atomic E-state index is 0.0528. The van der Waals surface area contributed by atoms with E-state index < -0.39 is 5.91 Å². The van der Waals surface area contributed by atoms with Crippen molar-refractivity contribution >= 4 is 39.1 Å². The number of hydrogen-bond donors (Lipinski definition) is 2. The van der Waals surface area contributed by atoms with Crippen molar-refractivity contribution in [3.05, 3.63) is 52.5 Å². The van der Waals surface area contributed by atoms with Gasteiger partial charge in [-0.05, 0) is 36.8 Å². The largest absolute Gasteiger partial charge is 0.507 e. The van der Waals surface area contributed by atoms with Gasteiger partial charge < -0.3 is 15.3 Å². The quantitative estimate of drug-likeness (QED) is 0.862. The average molecular weight is 375 g/mol. The molecule has 1 heterocycles. The number of para-hydroxylation sites is 2. The Morgan fingerprint density at radius 1 is 1.22 bits per heavy atom. The Hall–Kier alpha value is -2.34. The number of aromatic hydroxyl groups is 1. The highest BCUT2D eigenvalue weighted by molar-refractivity contribution is 9.10. The highest BCUT2D eigenvalue weighted by atomic mass is 79.9. The molecule has 2 N–H and O–H groups in total. The van der Waals surface area contributed by atoms with Crippen LogP contribution in [-0.4, -0.2) is 23.5 Å². The number of carbonyl (C=O) groups is 2. The molecular formula is C17H15BrN2O3. The van der Waals surface area contributed by atoms with Crippen molar-refractivity contribution in [1.29, 1.82) is 0 Å². The number of phenolic OH excluding ortho intramolecular Hbond substituents is 1. The van der Waals surface area contributed by atoms with E-state index in [9.17, 15) is 14.7 Å². The van der Waals surface area contributed by atoms with Gasteiger partial charge in [0.15, 0.2) is 0 Å². The van der Waals surface area contributed by atoms with Crippen LogP contribution in [-0.2, 0) is 4.79 Å². The first-order valence-corrected chi connectivity index (χ1v) is 8.05. The second-order valence-electron chi connectivity index (χ2n) is 5.28. The topological polar surface area (TPSA) is 69.6 Å². The van der Waals surface area contributed by atoms with Crippen LogP contribution in [0.25, 0.3) is 0 Å². The second-order valence-corrected chi connectivity index (χ2v) is 6.20. The lowest BCUT2D eigenvalue weighted by molar-refractivity contribution is -0.117. The molecule has 2 aromatic carbocycles. The van der Waals surface area contributed by atoms with E-state index in [0.29, 0.717) is 28.8 Å². The number of hydrogen-bond acceptors (Lipinski definition) is 3. The lowest BCUT2D eigenvalue weighted by atomic mass is 10.1. The van der Waals surface area contributed by atoms with Crippen LogP contribution in [0.4, 0.5) is 11.4 Å². The molecule has 0 aliphatic carbocycles. The fourth-order valence-corrected chi connectivity index (χ4v) is 2.96. The summed E-state index contributed by atoms with van der Waals surface area (Å²) in [5.74, 6) is -0.472. The lowest BCUT2D eigenvalue weighted by Crippen LogP contribution is -2.25. The van der Waals surface area contributed by atoms with Gasteiger partial charge in [-0.2, -0.15) is 0 Å². The number of rotatable bonds is 3. The molecule has 2 amide bonds. The van der Waals surface area contributed by atoms with Crippen LogP contribution in [0, 0.1) is 0 Å². The Kier molecular flexibility index (Phi) is 4.34. The zero-order valence-corrected chi connectivity index (χ0v) is 13.8. The van der Waals surface area contributed by atoms with Gasteiger partial charge in [-0.15, -0.1) is 0 Å². The monoisotopic (exact) mass is 374 g/mol. The fourth-order valence-electron chi connectivity index (χ4n) is 2.60. The Balaban J connectivity index is 1.90. The Bertz CT molecular complexity index is 776. The SMILES string of the molecule is O=C(Nc1ccccc1N1CCCC1=O)c1cc(Br)ccc1O. The summed E-state index contributed by atoms with van der Waals surface area (Å²) in [6.45, 7) is 0.647. The van der Waals surface area contributed by atoms with Gasteiger partial charge >= 0.3 is 0 Å². The smallest absolute Gasteiger partial charge is 0.259 e. The van der Waals surface area contributed by atoms with Crippen LogP contribution < -0.4 is 10.2 Å². The van der Waals surface area contributed by atoms with E-state index in [2.05, 4.69) is 21.2 Å². The number of nitrogens with zero attached hydrogens (tertiary/aromatic N) is 1. The number of halogens is 1. The van der Waals surface area contributed by atoms with Crippen LogP contribution in [0.2, 0.25) is 0 Å². The molecule has 5 nitrogen and oxygen atoms in total. The van der Waals surface area contributed by atoms with E-state index >= 15 is 0 Å². The van der Waals surface area contributed by atoms with Gasteiger partial charge in [-0.25, -0.2) is 0 Å². The van der Waals surface area contributed by atoms with Gasteiger partial charge in [0.2, 0.25) is 5.91 Å². The van der Waals surface area contributed by atoms with Gasteiger partial charge in [0.25, 0.3) is 5.91 Å². The molecule has 0 unspecified atom stereocenters. The summed E-state index contributed by atoms with van der Waals surface area (Å²) in [6, 6.07) is 11.8. The molecule has 0 atom stereocenters. The molecule has 1 fully saturated rings. The van der Waals surface area contributed by atoms with Crippen molar-refractivity contribution in [1.82, 2.24) is 0 Å². The van der Waals surface area contributed by atoms with Crippen molar-refractivity contribution in [2.45, 2.75) is 12.8 Å². The van der Waals surface area contributed by atoms with Crippen LogP contribution >= 0.6 is 15.9 Å². The maximum Gasteiger partial charge on any atom is 0.259 e. The van der Waals surface area contributed by atoms with E-state index in [1.165, 1.54) is 6.07 Å². The van der Waals surface area contributed by atoms with Crippen LogP contribution in [0.5, 0.6) is 5.75 Å².